The van der Waals surface area contributed by atoms with Gasteiger partial charge < -0.3 is 15.1 Å². The van der Waals surface area contributed by atoms with Crippen LogP contribution in [-0.4, -0.2) is 40.3 Å². The van der Waals surface area contributed by atoms with Gasteiger partial charge in [0.2, 0.25) is 0 Å². The molecule has 1 aliphatic heterocycles. The van der Waals surface area contributed by atoms with Crippen LogP contribution in [-0.2, 0) is 0 Å². The van der Waals surface area contributed by atoms with Gasteiger partial charge in [0, 0.05) is 30.8 Å². The molecule has 1 aliphatic carbocycles. The molecule has 2 N–H and O–H groups in total. The normalized spacial score (nSPS) is 27.7. The third-order valence-electron chi connectivity index (χ3n) is 4.59. The maximum absolute atomic E-state index is 11.0. The summed E-state index contributed by atoms with van der Waals surface area (Å²) in [4.78, 5) is 23.4. The number of carboxylic acids is 1. The summed E-state index contributed by atoms with van der Waals surface area (Å²) >= 11 is 0. The molecule has 0 amide bonds. The van der Waals surface area contributed by atoms with E-state index in [4.69, 9.17) is 5.11 Å². The van der Waals surface area contributed by atoms with E-state index in [0.717, 1.165) is 19.4 Å². The lowest BCUT2D eigenvalue weighted by molar-refractivity contribution is -0.385. The van der Waals surface area contributed by atoms with Gasteiger partial charge in [0.25, 0.3) is 5.69 Å². The summed E-state index contributed by atoms with van der Waals surface area (Å²) in [6, 6.07) is 4.20. The molecule has 2 aliphatic rings. The Labute approximate surface area is 121 Å². The Morgan fingerprint density at radius 2 is 2.10 bits per heavy atom. The third kappa shape index (κ3) is 2.33. The monoisotopic (exact) mass is 292 g/mol. The van der Waals surface area contributed by atoms with Crippen molar-refractivity contribution in [2.75, 3.05) is 18.0 Å². The van der Waals surface area contributed by atoms with Crippen molar-refractivity contribution in [2.45, 2.75) is 18.9 Å². The van der Waals surface area contributed by atoms with Crippen LogP contribution in [0.15, 0.2) is 18.2 Å². The number of hydrogen-bond acceptors (Lipinski definition) is 5. The summed E-state index contributed by atoms with van der Waals surface area (Å²) < 4.78 is 0. The van der Waals surface area contributed by atoms with Crippen LogP contribution in [0.3, 0.4) is 0 Å². The van der Waals surface area contributed by atoms with Gasteiger partial charge in [0.05, 0.1) is 11.0 Å². The van der Waals surface area contributed by atoms with Crippen LogP contribution in [0.25, 0.3) is 0 Å². The first-order valence-corrected chi connectivity index (χ1v) is 6.92. The summed E-state index contributed by atoms with van der Waals surface area (Å²) in [5.41, 5.74) is -0.0471. The second-order valence-corrected chi connectivity index (χ2v) is 5.74. The predicted octanol–water partition coefficient (Wildman–Crippen LogP) is 1.50. The van der Waals surface area contributed by atoms with E-state index in [2.05, 4.69) is 0 Å². The molecule has 0 spiro atoms. The van der Waals surface area contributed by atoms with Crippen LogP contribution in [0.4, 0.5) is 11.4 Å². The molecule has 1 heterocycles. The van der Waals surface area contributed by atoms with Gasteiger partial charge in [-0.15, -0.1) is 0 Å². The van der Waals surface area contributed by atoms with Crippen molar-refractivity contribution in [1.29, 1.82) is 0 Å². The highest BCUT2D eigenvalue weighted by Crippen LogP contribution is 2.40. The summed E-state index contributed by atoms with van der Waals surface area (Å²) in [6.07, 6.45) is 1.49. The zero-order valence-corrected chi connectivity index (χ0v) is 11.3. The number of aromatic carboxylic acids is 1. The largest absolute Gasteiger partial charge is 0.477 e. The molecular weight excluding hydrogens is 276 g/mol. The Bertz CT molecular complexity index is 603. The average Bonchev–Trinajstić information content (AvgIpc) is 3.00. The number of hydrogen-bond donors (Lipinski definition) is 2. The highest BCUT2D eigenvalue weighted by molar-refractivity contribution is 5.93. The number of aliphatic hydroxyl groups is 1. The Balaban J connectivity index is 1.89. The lowest BCUT2D eigenvalue weighted by atomic mass is 10.00. The quantitative estimate of drug-likeness (QED) is 0.646. The zero-order chi connectivity index (χ0) is 15.1. The van der Waals surface area contributed by atoms with Crippen LogP contribution in [0, 0.1) is 22.0 Å². The van der Waals surface area contributed by atoms with E-state index in [1.807, 2.05) is 4.90 Å². The van der Waals surface area contributed by atoms with E-state index >= 15 is 0 Å². The Morgan fingerprint density at radius 3 is 2.71 bits per heavy atom. The van der Waals surface area contributed by atoms with Gasteiger partial charge in [0.1, 0.15) is 5.56 Å². The van der Waals surface area contributed by atoms with Crippen LogP contribution in [0.1, 0.15) is 23.2 Å². The molecule has 0 radical (unpaired) electrons. The number of rotatable bonds is 3. The minimum atomic E-state index is -1.30. The molecule has 7 heteroatoms. The van der Waals surface area contributed by atoms with Gasteiger partial charge in [-0.3, -0.25) is 10.1 Å². The number of aliphatic hydroxyl groups excluding tert-OH is 1. The van der Waals surface area contributed by atoms with Gasteiger partial charge in [-0.1, -0.05) is 0 Å². The number of nitro groups is 1. The molecule has 21 heavy (non-hydrogen) atoms. The van der Waals surface area contributed by atoms with Crippen molar-refractivity contribution in [3.8, 4) is 0 Å². The summed E-state index contributed by atoms with van der Waals surface area (Å²) in [6.45, 7) is 1.42. The van der Waals surface area contributed by atoms with Crippen LogP contribution in [0.5, 0.6) is 0 Å². The topological polar surface area (TPSA) is 104 Å². The lowest BCUT2D eigenvalue weighted by Gasteiger charge is -2.20. The molecular formula is C14H16N2O5. The first kappa shape index (κ1) is 13.8. The molecule has 1 aromatic rings. The SMILES string of the molecule is O=C(O)c1ccc(N2CC3CCC(O)C3C2)cc1[N+](=O)[O-]. The average molecular weight is 292 g/mol. The molecule has 0 aromatic heterocycles. The van der Waals surface area contributed by atoms with Crippen molar-refractivity contribution < 1.29 is 19.9 Å². The first-order chi connectivity index (χ1) is 9.97. The van der Waals surface area contributed by atoms with Gasteiger partial charge in [-0.2, -0.15) is 0 Å². The molecule has 112 valence electrons. The van der Waals surface area contributed by atoms with Gasteiger partial charge in [-0.05, 0) is 30.9 Å². The number of anilines is 1. The van der Waals surface area contributed by atoms with Crippen molar-refractivity contribution in [2.24, 2.45) is 11.8 Å². The number of carbonyl (C=O) groups is 1. The smallest absolute Gasteiger partial charge is 0.342 e. The lowest BCUT2D eigenvalue weighted by Crippen LogP contribution is -2.24. The number of carboxylic acid groups (broad SMARTS) is 1. The van der Waals surface area contributed by atoms with Crippen LogP contribution in [0.2, 0.25) is 0 Å². The Hall–Kier alpha value is -2.15. The molecule has 1 saturated heterocycles. The van der Waals surface area contributed by atoms with E-state index in [9.17, 15) is 20.0 Å². The van der Waals surface area contributed by atoms with E-state index in [1.54, 1.807) is 6.07 Å². The molecule has 1 saturated carbocycles. The Kier molecular flexibility index (Phi) is 3.29. The van der Waals surface area contributed by atoms with Crippen molar-refractivity contribution in [3.05, 3.63) is 33.9 Å². The third-order valence-corrected chi connectivity index (χ3v) is 4.59. The summed E-state index contributed by atoms with van der Waals surface area (Å²) in [7, 11) is 0. The minimum Gasteiger partial charge on any atom is -0.477 e. The highest BCUT2D eigenvalue weighted by atomic mass is 16.6. The number of fused-ring (bicyclic) bond motifs is 1. The number of benzene rings is 1. The van der Waals surface area contributed by atoms with Gasteiger partial charge >= 0.3 is 5.97 Å². The zero-order valence-electron chi connectivity index (χ0n) is 11.3. The first-order valence-electron chi connectivity index (χ1n) is 6.92. The number of nitro benzene ring substituents is 1. The summed E-state index contributed by atoms with van der Waals surface area (Å²) in [5.74, 6) is -0.677. The minimum absolute atomic E-state index is 0.211. The fourth-order valence-electron chi connectivity index (χ4n) is 3.50. The second-order valence-electron chi connectivity index (χ2n) is 5.74. The van der Waals surface area contributed by atoms with E-state index in [0.29, 0.717) is 18.2 Å². The fraction of sp³-hybridized carbons (Fsp3) is 0.500. The molecule has 2 fully saturated rings. The molecule has 3 unspecified atom stereocenters. The molecule has 3 rings (SSSR count). The molecule has 0 bridgehead atoms. The van der Waals surface area contributed by atoms with Gasteiger partial charge in [-0.25, -0.2) is 4.79 Å². The van der Waals surface area contributed by atoms with Gasteiger partial charge in [0.15, 0.2) is 0 Å². The van der Waals surface area contributed by atoms with Crippen LogP contribution >= 0.6 is 0 Å². The fourth-order valence-corrected chi connectivity index (χ4v) is 3.50. The highest BCUT2D eigenvalue weighted by Gasteiger charge is 2.42. The Morgan fingerprint density at radius 1 is 1.33 bits per heavy atom. The van der Waals surface area contributed by atoms with E-state index < -0.39 is 16.6 Å². The predicted molar refractivity (Wildman–Crippen MR) is 74.5 cm³/mol. The van der Waals surface area contributed by atoms with Crippen molar-refractivity contribution in [3.63, 3.8) is 0 Å². The van der Waals surface area contributed by atoms with Crippen molar-refractivity contribution in [1.82, 2.24) is 0 Å². The summed E-state index contributed by atoms with van der Waals surface area (Å²) in [5, 5.41) is 29.9. The maximum Gasteiger partial charge on any atom is 0.342 e. The molecule has 3 atom stereocenters. The van der Waals surface area contributed by atoms with Crippen LogP contribution < -0.4 is 4.90 Å². The molecule has 7 nitrogen and oxygen atoms in total. The maximum atomic E-state index is 11.0. The standard InChI is InChI=1S/C14H16N2O5/c17-13-4-1-8-6-15(7-11(8)13)9-2-3-10(14(18)19)12(5-9)16(20)21/h2-3,5,8,11,13,17H,1,4,6-7H2,(H,18,19). The second kappa shape index (κ2) is 5.00. The van der Waals surface area contributed by atoms with E-state index in [1.165, 1.54) is 12.1 Å². The molecule has 1 aromatic carbocycles. The van der Waals surface area contributed by atoms with E-state index in [-0.39, 0.29) is 17.6 Å². The van der Waals surface area contributed by atoms with Crippen molar-refractivity contribution >= 4 is 17.3 Å². The number of nitrogens with zero attached hydrogens (tertiary/aromatic N) is 2.